The Balaban J connectivity index is 1.26. The molecule has 1 fully saturated rings. The number of furan rings is 1. The molecule has 1 aliphatic heterocycles. The quantitative estimate of drug-likeness (QED) is 0.216. The standard InChI is InChI=1S/C30H26Cl3N3O4S/c1-20-5-10-23(11-6-20)41(38,39)36-17-15-35(16-18-36)30-25(32)3-2-4-27(30)34-29(37)14-9-22-8-13-28(40-22)24-12-7-21(31)19-26(24)33/h2-14,19H,15-18H2,1H3,(H,34,37)/b14-9+. The molecule has 11 heteroatoms. The van der Waals surface area contributed by atoms with Crippen molar-refractivity contribution < 1.29 is 17.6 Å². The number of halogens is 3. The molecular formula is C30H26Cl3N3O4S. The molecule has 0 spiro atoms. The van der Waals surface area contributed by atoms with Crippen LogP contribution in [-0.4, -0.2) is 44.8 Å². The van der Waals surface area contributed by atoms with Gasteiger partial charge in [-0.2, -0.15) is 4.31 Å². The van der Waals surface area contributed by atoms with Crippen LogP contribution < -0.4 is 10.2 Å². The summed E-state index contributed by atoms with van der Waals surface area (Å²) in [5.41, 5.74) is 2.85. The highest BCUT2D eigenvalue weighted by molar-refractivity contribution is 7.89. The molecule has 0 radical (unpaired) electrons. The Bertz CT molecular complexity index is 1710. The fourth-order valence-corrected chi connectivity index (χ4v) is 6.78. The first-order chi connectivity index (χ1) is 19.6. The van der Waals surface area contributed by atoms with E-state index in [1.165, 1.54) is 10.4 Å². The topological polar surface area (TPSA) is 82.9 Å². The second kappa shape index (κ2) is 12.3. The van der Waals surface area contributed by atoms with Crippen LogP contribution in [0.15, 0.2) is 88.2 Å². The number of para-hydroxylation sites is 1. The van der Waals surface area contributed by atoms with Crippen LogP contribution in [0.1, 0.15) is 11.3 Å². The molecule has 0 aliphatic carbocycles. The highest BCUT2D eigenvalue weighted by Crippen LogP contribution is 2.35. The Morgan fingerprint density at radius 2 is 1.63 bits per heavy atom. The predicted octanol–water partition coefficient (Wildman–Crippen LogP) is 7.38. The van der Waals surface area contributed by atoms with Gasteiger partial charge in [0.05, 0.1) is 26.3 Å². The molecule has 1 amide bonds. The number of anilines is 2. The lowest BCUT2D eigenvalue weighted by Crippen LogP contribution is -2.49. The number of hydrogen-bond acceptors (Lipinski definition) is 5. The number of piperazine rings is 1. The van der Waals surface area contributed by atoms with Gasteiger partial charge < -0.3 is 14.6 Å². The number of nitrogens with one attached hydrogen (secondary N) is 1. The van der Waals surface area contributed by atoms with Crippen molar-refractivity contribution in [3.63, 3.8) is 0 Å². The van der Waals surface area contributed by atoms with Crippen LogP contribution in [0.5, 0.6) is 0 Å². The van der Waals surface area contributed by atoms with E-state index < -0.39 is 10.0 Å². The van der Waals surface area contributed by atoms with Crippen molar-refractivity contribution in [3.8, 4) is 11.3 Å². The lowest BCUT2D eigenvalue weighted by atomic mass is 10.2. The molecule has 4 aromatic rings. The largest absolute Gasteiger partial charge is 0.457 e. The minimum atomic E-state index is -3.61. The van der Waals surface area contributed by atoms with E-state index in [1.807, 2.05) is 11.8 Å². The molecule has 1 aromatic heterocycles. The van der Waals surface area contributed by atoms with E-state index in [-0.39, 0.29) is 23.9 Å². The molecule has 0 bridgehead atoms. The van der Waals surface area contributed by atoms with Crippen molar-refractivity contribution in [2.75, 3.05) is 36.4 Å². The maximum absolute atomic E-state index is 13.1. The Hall–Kier alpha value is -3.27. The van der Waals surface area contributed by atoms with E-state index >= 15 is 0 Å². The van der Waals surface area contributed by atoms with Crippen molar-refractivity contribution in [1.29, 1.82) is 0 Å². The van der Waals surface area contributed by atoms with Crippen molar-refractivity contribution in [2.45, 2.75) is 11.8 Å². The number of benzene rings is 3. The normalized spacial score (nSPS) is 14.5. The average Bonchev–Trinajstić information content (AvgIpc) is 3.41. The maximum atomic E-state index is 13.1. The van der Waals surface area contributed by atoms with Crippen molar-refractivity contribution >= 4 is 68.2 Å². The maximum Gasteiger partial charge on any atom is 0.248 e. The third-order valence-electron chi connectivity index (χ3n) is 6.68. The van der Waals surface area contributed by atoms with E-state index in [9.17, 15) is 13.2 Å². The number of rotatable bonds is 7. The lowest BCUT2D eigenvalue weighted by Gasteiger charge is -2.36. The van der Waals surface area contributed by atoms with Crippen LogP contribution in [-0.2, 0) is 14.8 Å². The summed E-state index contributed by atoms with van der Waals surface area (Å²) in [6.45, 7) is 3.31. The highest BCUT2D eigenvalue weighted by Gasteiger charge is 2.30. The fourth-order valence-electron chi connectivity index (χ4n) is 4.56. The number of aryl methyl sites for hydroxylation is 1. The van der Waals surface area contributed by atoms with Crippen LogP contribution >= 0.6 is 34.8 Å². The van der Waals surface area contributed by atoms with Gasteiger partial charge in [0.1, 0.15) is 11.5 Å². The smallest absolute Gasteiger partial charge is 0.248 e. The fraction of sp³-hybridized carbons (Fsp3) is 0.167. The van der Waals surface area contributed by atoms with Gasteiger partial charge in [0.25, 0.3) is 0 Å². The number of nitrogens with zero attached hydrogens (tertiary/aromatic N) is 2. The third-order valence-corrected chi connectivity index (χ3v) is 9.45. The number of amides is 1. The third kappa shape index (κ3) is 6.63. The van der Waals surface area contributed by atoms with Gasteiger partial charge in [0.15, 0.2) is 0 Å². The van der Waals surface area contributed by atoms with E-state index in [4.69, 9.17) is 39.2 Å². The molecule has 1 aliphatic rings. The zero-order valence-corrected chi connectivity index (χ0v) is 25.1. The van der Waals surface area contributed by atoms with Gasteiger partial charge in [-0.05, 0) is 67.6 Å². The molecule has 1 saturated heterocycles. The van der Waals surface area contributed by atoms with E-state index in [0.717, 1.165) is 5.56 Å². The molecule has 7 nitrogen and oxygen atoms in total. The summed E-state index contributed by atoms with van der Waals surface area (Å²) in [7, 11) is -3.61. The molecule has 3 aromatic carbocycles. The molecule has 0 saturated carbocycles. The van der Waals surface area contributed by atoms with Gasteiger partial charge in [0.2, 0.25) is 15.9 Å². The molecule has 5 rings (SSSR count). The van der Waals surface area contributed by atoms with Crippen molar-refractivity contribution in [1.82, 2.24) is 4.31 Å². The van der Waals surface area contributed by atoms with Gasteiger partial charge in [-0.3, -0.25) is 4.79 Å². The Morgan fingerprint density at radius 1 is 0.902 bits per heavy atom. The van der Waals surface area contributed by atoms with Gasteiger partial charge in [-0.1, -0.05) is 58.6 Å². The summed E-state index contributed by atoms with van der Waals surface area (Å²) in [5, 5.41) is 4.32. The van der Waals surface area contributed by atoms with Crippen molar-refractivity contribution in [2.24, 2.45) is 0 Å². The van der Waals surface area contributed by atoms with Crippen LogP contribution in [0.25, 0.3) is 17.4 Å². The van der Waals surface area contributed by atoms with Crippen LogP contribution in [0.2, 0.25) is 15.1 Å². The number of sulfonamides is 1. The van der Waals surface area contributed by atoms with Gasteiger partial charge in [-0.15, -0.1) is 0 Å². The van der Waals surface area contributed by atoms with Crippen LogP contribution in [0.4, 0.5) is 11.4 Å². The SMILES string of the molecule is Cc1ccc(S(=O)(=O)N2CCN(c3c(Cl)cccc3NC(=O)/C=C/c3ccc(-c4ccc(Cl)cc4Cl)o3)CC2)cc1. The van der Waals surface area contributed by atoms with E-state index in [1.54, 1.807) is 78.9 Å². The minimum Gasteiger partial charge on any atom is -0.457 e. The zero-order chi connectivity index (χ0) is 29.1. The Labute approximate surface area is 254 Å². The molecule has 0 unspecified atom stereocenters. The summed E-state index contributed by atoms with van der Waals surface area (Å²) >= 11 is 18.8. The molecule has 1 N–H and O–H groups in total. The summed E-state index contributed by atoms with van der Waals surface area (Å²) in [4.78, 5) is 15.1. The van der Waals surface area contributed by atoms with Crippen molar-refractivity contribution in [3.05, 3.63) is 105 Å². The van der Waals surface area contributed by atoms with Gasteiger partial charge in [-0.25, -0.2) is 8.42 Å². The molecule has 0 atom stereocenters. The zero-order valence-electron chi connectivity index (χ0n) is 22.0. The summed E-state index contributed by atoms with van der Waals surface area (Å²) in [5.74, 6) is 0.641. The molecule has 2 heterocycles. The first-order valence-electron chi connectivity index (χ1n) is 12.8. The Morgan fingerprint density at radius 3 is 2.34 bits per heavy atom. The summed E-state index contributed by atoms with van der Waals surface area (Å²) < 4.78 is 33.5. The first-order valence-corrected chi connectivity index (χ1v) is 15.3. The molecule has 212 valence electrons. The van der Waals surface area contributed by atoms with Gasteiger partial charge in [0, 0.05) is 42.8 Å². The highest BCUT2D eigenvalue weighted by atomic mass is 35.5. The average molecular weight is 631 g/mol. The lowest BCUT2D eigenvalue weighted by molar-refractivity contribution is -0.111. The minimum absolute atomic E-state index is 0.272. The summed E-state index contributed by atoms with van der Waals surface area (Å²) in [6.07, 6.45) is 2.92. The number of carbonyl (C=O) groups excluding carboxylic acids is 1. The molecular weight excluding hydrogens is 605 g/mol. The van der Waals surface area contributed by atoms with E-state index in [2.05, 4.69) is 5.32 Å². The molecule has 41 heavy (non-hydrogen) atoms. The monoisotopic (exact) mass is 629 g/mol. The van der Waals surface area contributed by atoms with Gasteiger partial charge >= 0.3 is 0 Å². The number of hydrogen-bond donors (Lipinski definition) is 1. The van der Waals surface area contributed by atoms with Crippen LogP contribution in [0, 0.1) is 6.92 Å². The first kappa shape index (κ1) is 29.2. The predicted molar refractivity (Wildman–Crippen MR) is 165 cm³/mol. The van der Waals surface area contributed by atoms with E-state index in [0.29, 0.717) is 56.6 Å². The Kier molecular flexibility index (Phi) is 8.77. The second-order valence-electron chi connectivity index (χ2n) is 9.49. The van der Waals surface area contributed by atoms with Crippen LogP contribution in [0.3, 0.4) is 0 Å². The summed E-state index contributed by atoms with van der Waals surface area (Å²) in [6, 6.07) is 20.7. The second-order valence-corrected chi connectivity index (χ2v) is 12.7. The number of carbonyl (C=O) groups is 1.